The third-order valence-corrected chi connectivity index (χ3v) is 2.82. The van der Waals surface area contributed by atoms with E-state index in [1.165, 1.54) is 10.7 Å². The standard InChI is InChI=1S/C13H10N8/c14-6-8-7-17-13-10(11(15)20-21(13)12(8)16)19-18-9-4-2-1-3-5-9/h1-5,7H,16H2,(H2,15,20). The van der Waals surface area contributed by atoms with Gasteiger partial charge in [-0.15, -0.1) is 10.2 Å². The van der Waals surface area contributed by atoms with Gasteiger partial charge in [0.25, 0.3) is 0 Å². The molecule has 0 saturated carbocycles. The Morgan fingerprint density at radius 3 is 2.62 bits per heavy atom. The van der Waals surface area contributed by atoms with Gasteiger partial charge in [0.15, 0.2) is 17.2 Å². The Balaban J connectivity index is 2.12. The lowest BCUT2D eigenvalue weighted by Gasteiger charge is -1.99. The number of anilines is 2. The molecule has 0 unspecified atom stereocenters. The Morgan fingerprint density at radius 1 is 1.14 bits per heavy atom. The van der Waals surface area contributed by atoms with Crippen molar-refractivity contribution in [3.8, 4) is 6.07 Å². The van der Waals surface area contributed by atoms with Crippen LogP contribution in [-0.4, -0.2) is 14.6 Å². The van der Waals surface area contributed by atoms with E-state index >= 15 is 0 Å². The molecule has 8 heteroatoms. The van der Waals surface area contributed by atoms with E-state index in [9.17, 15) is 0 Å². The van der Waals surface area contributed by atoms with Crippen molar-refractivity contribution in [2.24, 2.45) is 10.2 Å². The first-order chi connectivity index (χ1) is 10.2. The first-order valence-electron chi connectivity index (χ1n) is 6.00. The number of rotatable bonds is 2. The van der Waals surface area contributed by atoms with E-state index in [0.717, 1.165) is 0 Å². The summed E-state index contributed by atoms with van der Waals surface area (Å²) in [4.78, 5) is 4.11. The highest BCUT2D eigenvalue weighted by molar-refractivity contribution is 5.77. The molecule has 3 rings (SSSR count). The van der Waals surface area contributed by atoms with Crippen LogP contribution in [0.4, 0.5) is 23.0 Å². The van der Waals surface area contributed by atoms with Crippen LogP contribution in [0.15, 0.2) is 46.8 Å². The molecule has 0 saturated heterocycles. The van der Waals surface area contributed by atoms with Gasteiger partial charge in [0.2, 0.25) is 0 Å². The average Bonchev–Trinajstić information content (AvgIpc) is 2.83. The van der Waals surface area contributed by atoms with Crippen LogP contribution in [0.5, 0.6) is 0 Å². The van der Waals surface area contributed by atoms with Crippen molar-refractivity contribution in [1.82, 2.24) is 14.6 Å². The van der Waals surface area contributed by atoms with E-state index in [1.807, 2.05) is 24.3 Å². The molecule has 102 valence electrons. The molecule has 1 aromatic carbocycles. The summed E-state index contributed by atoms with van der Waals surface area (Å²) in [5.41, 5.74) is 13.2. The third kappa shape index (κ3) is 2.12. The minimum atomic E-state index is 0.143. The molecular weight excluding hydrogens is 268 g/mol. The van der Waals surface area contributed by atoms with Gasteiger partial charge >= 0.3 is 0 Å². The molecule has 4 N–H and O–H groups in total. The summed E-state index contributed by atoms with van der Waals surface area (Å²) < 4.78 is 1.28. The molecule has 0 aliphatic rings. The SMILES string of the molecule is N#Cc1cnc2c(N=Nc3ccccc3)c(N)nn2c1N. The van der Waals surface area contributed by atoms with Crippen LogP contribution < -0.4 is 11.5 Å². The second kappa shape index (κ2) is 4.90. The molecule has 0 spiro atoms. The number of benzene rings is 1. The highest BCUT2D eigenvalue weighted by Crippen LogP contribution is 2.29. The van der Waals surface area contributed by atoms with Gasteiger partial charge in [-0.2, -0.15) is 14.9 Å². The predicted octanol–water partition coefficient (Wildman–Crippen LogP) is 2.18. The molecule has 0 aliphatic heterocycles. The first-order valence-corrected chi connectivity index (χ1v) is 6.00. The number of aromatic nitrogens is 3. The topological polar surface area (TPSA) is 131 Å². The fourth-order valence-electron chi connectivity index (χ4n) is 1.79. The van der Waals surface area contributed by atoms with E-state index in [4.69, 9.17) is 16.7 Å². The number of nitriles is 1. The summed E-state index contributed by atoms with van der Waals surface area (Å²) in [5, 5.41) is 21.1. The van der Waals surface area contributed by atoms with Crippen LogP contribution >= 0.6 is 0 Å². The summed E-state index contributed by atoms with van der Waals surface area (Å²) in [5.74, 6) is 0.305. The van der Waals surface area contributed by atoms with Crippen molar-refractivity contribution in [2.75, 3.05) is 11.5 Å². The first kappa shape index (κ1) is 12.6. The number of nitrogens with two attached hydrogens (primary N) is 2. The normalized spacial score (nSPS) is 11.0. The van der Waals surface area contributed by atoms with Crippen LogP contribution in [0, 0.1) is 11.3 Å². The number of nitrogens with zero attached hydrogens (tertiary/aromatic N) is 6. The summed E-state index contributed by atoms with van der Waals surface area (Å²) in [6.45, 7) is 0. The fourth-order valence-corrected chi connectivity index (χ4v) is 1.79. The summed E-state index contributed by atoms with van der Waals surface area (Å²) >= 11 is 0. The quantitative estimate of drug-likeness (QED) is 0.693. The second-order valence-electron chi connectivity index (χ2n) is 4.17. The highest BCUT2D eigenvalue weighted by Gasteiger charge is 2.15. The molecular formula is C13H10N8. The number of hydrogen-bond acceptors (Lipinski definition) is 7. The van der Waals surface area contributed by atoms with E-state index in [2.05, 4.69) is 20.3 Å². The van der Waals surface area contributed by atoms with Crippen LogP contribution in [0.1, 0.15) is 5.56 Å². The predicted molar refractivity (Wildman–Crippen MR) is 77.1 cm³/mol. The van der Waals surface area contributed by atoms with E-state index < -0.39 is 0 Å². The second-order valence-corrected chi connectivity index (χ2v) is 4.17. The fraction of sp³-hybridized carbons (Fsp3) is 0. The lowest BCUT2D eigenvalue weighted by Crippen LogP contribution is -2.03. The molecule has 21 heavy (non-hydrogen) atoms. The van der Waals surface area contributed by atoms with Gasteiger partial charge in [-0.25, -0.2) is 4.98 Å². The average molecular weight is 278 g/mol. The molecule has 0 radical (unpaired) electrons. The minimum Gasteiger partial charge on any atom is -0.382 e. The van der Waals surface area contributed by atoms with E-state index in [1.54, 1.807) is 12.1 Å². The molecule has 0 fully saturated rings. The third-order valence-electron chi connectivity index (χ3n) is 2.82. The number of fused-ring (bicyclic) bond motifs is 1. The molecule has 2 aromatic heterocycles. The van der Waals surface area contributed by atoms with Crippen LogP contribution in [0.25, 0.3) is 5.65 Å². The van der Waals surface area contributed by atoms with Gasteiger partial charge < -0.3 is 11.5 Å². The summed E-state index contributed by atoms with van der Waals surface area (Å²) in [7, 11) is 0. The van der Waals surface area contributed by atoms with Crippen LogP contribution in [0.3, 0.4) is 0 Å². The van der Waals surface area contributed by atoms with E-state index in [0.29, 0.717) is 17.0 Å². The molecule has 2 heterocycles. The monoisotopic (exact) mass is 278 g/mol. The van der Waals surface area contributed by atoms with Gasteiger partial charge in [-0.1, -0.05) is 18.2 Å². The lowest BCUT2D eigenvalue weighted by atomic mass is 10.3. The highest BCUT2D eigenvalue weighted by atomic mass is 15.3. The smallest absolute Gasteiger partial charge is 0.187 e. The largest absolute Gasteiger partial charge is 0.382 e. The molecule has 0 atom stereocenters. The number of nitrogen functional groups attached to an aromatic ring is 2. The zero-order valence-corrected chi connectivity index (χ0v) is 10.8. The number of azo groups is 1. The molecule has 8 nitrogen and oxygen atoms in total. The Hall–Kier alpha value is -3.47. The van der Waals surface area contributed by atoms with Gasteiger partial charge in [-0.05, 0) is 12.1 Å². The summed E-state index contributed by atoms with van der Waals surface area (Å²) in [6.07, 6.45) is 1.35. The maximum absolute atomic E-state index is 8.92. The zero-order chi connectivity index (χ0) is 14.8. The molecule has 0 aliphatic carbocycles. The van der Waals surface area contributed by atoms with Crippen molar-refractivity contribution < 1.29 is 0 Å². The van der Waals surface area contributed by atoms with Gasteiger partial charge in [0.05, 0.1) is 11.9 Å². The Bertz CT molecular complexity index is 873. The molecule has 3 aromatic rings. The van der Waals surface area contributed by atoms with Gasteiger partial charge in [0, 0.05) is 0 Å². The van der Waals surface area contributed by atoms with Crippen molar-refractivity contribution >= 4 is 28.7 Å². The van der Waals surface area contributed by atoms with Crippen LogP contribution in [-0.2, 0) is 0 Å². The zero-order valence-electron chi connectivity index (χ0n) is 10.8. The van der Waals surface area contributed by atoms with Crippen molar-refractivity contribution in [3.63, 3.8) is 0 Å². The Kier molecular flexibility index (Phi) is 2.93. The minimum absolute atomic E-state index is 0.143. The van der Waals surface area contributed by atoms with Gasteiger partial charge in [-0.3, -0.25) is 0 Å². The lowest BCUT2D eigenvalue weighted by molar-refractivity contribution is 0.953. The maximum Gasteiger partial charge on any atom is 0.187 e. The Labute approximate surface area is 119 Å². The molecule has 0 amide bonds. The summed E-state index contributed by atoms with van der Waals surface area (Å²) in [6, 6.07) is 11.1. The molecule has 0 bridgehead atoms. The maximum atomic E-state index is 8.92. The van der Waals surface area contributed by atoms with Crippen molar-refractivity contribution in [1.29, 1.82) is 5.26 Å². The van der Waals surface area contributed by atoms with Crippen molar-refractivity contribution in [3.05, 3.63) is 42.1 Å². The van der Waals surface area contributed by atoms with Crippen molar-refractivity contribution in [2.45, 2.75) is 0 Å². The van der Waals surface area contributed by atoms with Crippen LogP contribution in [0.2, 0.25) is 0 Å². The Morgan fingerprint density at radius 2 is 1.90 bits per heavy atom. The van der Waals surface area contributed by atoms with Gasteiger partial charge in [0.1, 0.15) is 17.5 Å². The number of hydrogen-bond donors (Lipinski definition) is 2. The van der Waals surface area contributed by atoms with E-state index in [-0.39, 0.29) is 17.2 Å².